The highest BCUT2D eigenvalue weighted by atomic mass is 19.4. The van der Waals surface area contributed by atoms with Crippen molar-refractivity contribution < 1.29 is 13.2 Å². The predicted molar refractivity (Wildman–Crippen MR) is 66.4 cm³/mol. The number of hydrogen-bond acceptors (Lipinski definition) is 2. The first-order valence-corrected chi connectivity index (χ1v) is 6.12. The summed E-state index contributed by atoms with van der Waals surface area (Å²) in [7, 11) is 0. The monoisotopic (exact) mass is 260 g/mol. The van der Waals surface area contributed by atoms with Gasteiger partial charge in [-0.15, -0.1) is 0 Å². The molecule has 0 aliphatic rings. The quantitative estimate of drug-likeness (QED) is 0.852. The van der Waals surface area contributed by atoms with E-state index in [4.69, 9.17) is 0 Å². The molecule has 0 fully saturated rings. The molecule has 0 amide bonds. The zero-order valence-electron chi connectivity index (χ0n) is 10.9. The van der Waals surface area contributed by atoms with Gasteiger partial charge in [0.05, 0.1) is 5.56 Å². The van der Waals surface area contributed by atoms with Gasteiger partial charge < -0.3 is 5.32 Å². The number of rotatable bonds is 5. The Kier molecular flexibility index (Phi) is 4.99. The normalized spacial score (nSPS) is 15.2. The maximum Gasteiger partial charge on any atom is 0.417 e. The Labute approximate surface area is 106 Å². The molecule has 0 bridgehead atoms. The van der Waals surface area contributed by atoms with Gasteiger partial charge in [0.2, 0.25) is 0 Å². The van der Waals surface area contributed by atoms with E-state index in [1.165, 1.54) is 6.07 Å². The highest BCUT2D eigenvalue weighted by molar-refractivity contribution is 5.37. The van der Waals surface area contributed by atoms with Gasteiger partial charge in [0, 0.05) is 12.2 Å². The third-order valence-corrected chi connectivity index (χ3v) is 2.94. The average molecular weight is 260 g/mol. The third-order valence-electron chi connectivity index (χ3n) is 2.94. The second-order valence-electron chi connectivity index (χ2n) is 4.72. The van der Waals surface area contributed by atoms with Gasteiger partial charge >= 0.3 is 6.18 Å². The zero-order chi connectivity index (χ0) is 13.8. The second-order valence-corrected chi connectivity index (χ2v) is 4.72. The minimum absolute atomic E-state index is 0.198. The van der Waals surface area contributed by atoms with E-state index in [9.17, 15) is 13.2 Å². The summed E-state index contributed by atoms with van der Waals surface area (Å²) in [6.45, 7) is 6.28. The van der Waals surface area contributed by atoms with Crippen molar-refractivity contribution in [1.82, 2.24) is 4.98 Å². The Morgan fingerprint density at radius 1 is 1.28 bits per heavy atom. The van der Waals surface area contributed by atoms with Gasteiger partial charge in [0.25, 0.3) is 0 Å². The van der Waals surface area contributed by atoms with Crippen LogP contribution >= 0.6 is 0 Å². The fourth-order valence-electron chi connectivity index (χ4n) is 1.73. The van der Waals surface area contributed by atoms with Crippen molar-refractivity contribution in [2.45, 2.75) is 45.8 Å². The molecule has 5 heteroatoms. The van der Waals surface area contributed by atoms with E-state index in [0.29, 0.717) is 11.7 Å². The van der Waals surface area contributed by atoms with Gasteiger partial charge in [-0.2, -0.15) is 13.2 Å². The lowest BCUT2D eigenvalue weighted by molar-refractivity contribution is -0.137. The summed E-state index contributed by atoms with van der Waals surface area (Å²) in [5.41, 5.74) is -0.720. The number of hydrogen-bond donors (Lipinski definition) is 1. The number of pyridine rings is 1. The van der Waals surface area contributed by atoms with Gasteiger partial charge in [-0.3, -0.25) is 0 Å². The first-order chi connectivity index (χ1) is 8.32. The molecule has 0 spiro atoms. The molecule has 102 valence electrons. The molecule has 0 aromatic carbocycles. The van der Waals surface area contributed by atoms with E-state index in [-0.39, 0.29) is 6.04 Å². The molecule has 1 N–H and O–H groups in total. The van der Waals surface area contributed by atoms with Crippen LogP contribution in [0.2, 0.25) is 0 Å². The van der Waals surface area contributed by atoms with E-state index >= 15 is 0 Å². The topological polar surface area (TPSA) is 24.9 Å². The number of alkyl halides is 3. The van der Waals surface area contributed by atoms with Gasteiger partial charge in [0.15, 0.2) is 0 Å². The summed E-state index contributed by atoms with van der Waals surface area (Å²) in [6, 6.07) is 2.62. The Hall–Kier alpha value is -1.26. The largest absolute Gasteiger partial charge is 0.417 e. The smallest absolute Gasteiger partial charge is 0.368 e. The lowest BCUT2D eigenvalue weighted by atomic mass is 10.0. The summed E-state index contributed by atoms with van der Waals surface area (Å²) >= 11 is 0. The zero-order valence-corrected chi connectivity index (χ0v) is 10.9. The highest BCUT2D eigenvalue weighted by Crippen LogP contribution is 2.29. The van der Waals surface area contributed by atoms with Crippen LogP contribution < -0.4 is 5.32 Å². The van der Waals surface area contributed by atoms with Gasteiger partial charge in [0.1, 0.15) is 5.82 Å². The standard InChI is InChI=1S/C13H19F3N2/c1-4-9(2)7-10(3)18-12-6-5-11(8-17-12)13(14,15)16/h5-6,8-10H,4,7H2,1-3H3,(H,17,18). The van der Waals surface area contributed by atoms with Gasteiger partial charge in [-0.05, 0) is 31.4 Å². The fourth-order valence-corrected chi connectivity index (χ4v) is 1.73. The first kappa shape index (κ1) is 14.8. The van der Waals surface area contributed by atoms with Crippen LogP contribution in [-0.4, -0.2) is 11.0 Å². The number of nitrogens with one attached hydrogen (secondary N) is 1. The molecule has 1 rings (SSSR count). The van der Waals surface area contributed by atoms with E-state index in [0.717, 1.165) is 25.1 Å². The summed E-state index contributed by atoms with van der Waals surface area (Å²) in [5.74, 6) is 1.07. The molecular weight excluding hydrogens is 241 g/mol. The molecule has 1 heterocycles. The van der Waals surface area contributed by atoms with Crippen LogP contribution in [-0.2, 0) is 6.18 Å². The Morgan fingerprint density at radius 2 is 1.94 bits per heavy atom. The maximum absolute atomic E-state index is 12.3. The molecule has 0 radical (unpaired) electrons. The van der Waals surface area contributed by atoms with E-state index in [2.05, 4.69) is 24.1 Å². The molecular formula is C13H19F3N2. The molecule has 0 aliphatic heterocycles. The van der Waals surface area contributed by atoms with E-state index < -0.39 is 11.7 Å². The number of anilines is 1. The highest BCUT2D eigenvalue weighted by Gasteiger charge is 2.30. The summed E-state index contributed by atoms with van der Waals surface area (Å²) < 4.78 is 37.0. The van der Waals surface area contributed by atoms with Crippen LogP contribution in [0.1, 0.15) is 39.2 Å². The molecule has 1 aromatic rings. The van der Waals surface area contributed by atoms with Crippen LogP contribution in [0.4, 0.5) is 19.0 Å². The lowest BCUT2D eigenvalue weighted by Crippen LogP contribution is -2.19. The van der Waals surface area contributed by atoms with Crippen LogP contribution in [0, 0.1) is 5.92 Å². The van der Waals surface area contributed by atoms with Crippen molar-refractivity contribution in [3.8, 4) is 0 Å². The van der Waals surface area contributed by atoms with E-state index in [1.54, 1.807) is 0 Å². The molecule has 0 saturated heterocycles. The van der Waals surface area contributed by atoms with Crippen molar-refractivity contribution in [2.24, 2.45) is 5.92 Å². The van der Waals surface area contributed by atoms with Crippen molar-refractivity contribution in [1.29, 1.82) is 0 Å². The molecule has 2 unspecified atom stereocenters. The molecule has 18 heavy (non-hydrogen) atoms. The van der Waals surface area contributed by atoms with Crippen LogP contribution in [0.15, 0.2) is 18.3 Å². The molecule has 1 aromatic heterocycles. The van der Waals surface area contributed by atoms with Gasteiger partial charge in [-0.1, -0.05) is 20.3 Å². The SMILES string of the molecule is CCC(C)CC(C)Nc1ccc(C(F)(F)F)cn1. The molecule has 0 saturated carbocycles. The minimum Gasteiger partial charge on any atom is -0.368 e. The van der Waals surface area contributed by atoms with Crippen molar-refractivity contribution in [2.75, 3.05) is 5.32 Å². The van der Waals surface area contributed by atoms with E-state index in [1.807, 2.05) is 6.92 Å². The first-order valence-electron chi connectivity index (χ1n) is 6.12. The molecule has 0 aliphatic carbocycles. The van der Waals surface area contributed by atoms with Crippen molar-refractivity contribution >= 4 is 5.82 Å². The van der Waals surface area contributed by atoms with Crippen LogP contribution in [0.25, 0.3) is 0 Å². The summed E-state index contributed by atoms with van der Waals surface area (Å²) in [6.07, 6.45) is -1.40. The van der Waals surface area contributed by atoms with Crippen molar-refractivity contribution in [3.05, 3.63) is 23.9 Å². The number of nitrogens with zero attached hydrogens (tertiary/aromatic N) is 1. The van der Waals surface area contributed by atoms with Crippen LogP contribution in [0.3, 0.4) is 0 Å². The third kappa shape index (κ3) is 4.55. The van der Waals surface area contributed by atoms with Crippen molar-refractivity contribution in [3.63, 3.8) is 0 Å². The predicted octanol–water partition coefficient (Wildman–Crippen LogP) is 4.34. The summed E-state index contributed by atoms with van der Waals surface area (Å²) in [4.78, 5) is 3.79. The lowest BCUT2D eigenvalue weighted by Gasteiger charge is -2.18. The Morgan fingerprint density at radius 3 is 2.39 bits per heavy atom. The summed E-state index contributed by atoms with van der Waals surface area (Å²) in [5, 5.41) is 3.11. The maximum atomic E-state index is 12.3. The Bertz CT molecular complexity index is 359. The number of halogens is 3. The average Bonchev–Trinajstić information content (AvgIpc) is 2.28. The minimum atomic E-state index is -4.33. The molecule has 2 nitrogen and oxygen atoms in total. The van der Waals surface area contributed by atoms with Crippen LogP contribution in [0.5, 0.6) is 0 Å². The Balaban J connectivity index is 2.58. The number of aromatic nitrogens is 1. The second kappa shape index (κ2) is 6.07. The van der Waals surface area contributed by atoms with Gasteiger partial charge in [-0.25, -0.2) is 4.98 Å². The fraction of sp³-hybridized carbons (Fsp3) is 0.615. The molecule has 2 atom stereocenters.